The summed E-state index contributed by atoms with van der Waals surface area (Å²) in [7, 11) is 0. The van der Waals surface area contributed by atoms with Gasteiger partial charge in [-0.05, 0) is 30.5 Å². The molecule has 0 aliphatic heterocycles. The lowest BCUT2D eigenvalue weighted by atomic mass is 10.2. The summed E-state index contributed by atoms with van der Waals surface area (Å²) in [4.78, 5) is 21.9. The number of carboxylic acids is 1. The second-order valence-electron chi connectivity index (χ2n) is 4.35. The maximum atomic E-state index is 11.6. The molecule has 0 bridgehead atoms. The highest BCUT2D eigenvalue weighted by atomic mass is 79.9. The van der Waals surface area contributed by atoms with Gasteiger partial charge in [-0.15, -0.1) is 0 Å². The van der Waals surface area contributed by atoms with E-state index in [9.17, 15) is 9.59 Å². The van der Waals surface area contributed by atoms with E-state index in [1.54, 1.807) is 6.08 Å². The maximum Gasteiger partial charge on any atom is 0.303 e. The monoisotopic (exact) mass is 339 g/mol. The molecule has 0 aromatic heterocycles. The first-order valence-electron chi connectivity index (χ1n) is 6.52. The van der Waals surface area contributed by atoms with E-state index in [0.29, 0.717) is 13.0 Å². The number of unbranched alkanes of at least 4 members (excludes halogenated alkanes) is 2. The Morgan fingerprint density at radius 1 is 1.20 bits per heavy atom. The fraction of sp³-hybridized carbons (Fsp3) is 0.333. The van der Waals surface area contributed by atoms with E-state index in [-0.39, 0.29) is 12.3 Å². The topological polar surface area (TPSA) is 66.4 Å². The number of amides is 1. The molecule has 1 aromatic carbocycles. The van der Waals surface area contributed by atoms with Crippen molar-refractivity contribution >= 4 is 33.9 Å². The number of carbonyl (C=O) groups is 2. The van der Waals surface area contributed by atoms with Crippen LogP contribution in [-0.4, -0.2) is 23.5 Å². The third kappa shape index (κ3) is 7.09. The summed E-state index contributed by atoms with van der Waals surface area (Å²) in [5.74, 6) is -0.913. The average Bonchev–Trinajstić information content (AvgIpc) is 2.41. The number of carboxylic acid groups (broad SMARTS) is 1. The highest BCUT2D eigenvalue weighted by molar-refractivity contribution is 9.10. The molecule has 4 nitrogen and oxygen atoms in total. The van der Waals surface area contributed by atoms with Gasteiger partial charge in [0, 0.05) is 23.5 Å². The Labute approximate surface area is 127 Å². The number of carbonyl (C=O) groups excluding carboxylic acids is 1. The average molecular weight is 340 g/mol. The molecular weight excluding hydrogens is 322 g/mol. The van der Waals surface area contributed by atoms with Crippen molar-refractivity contribution in [1.29, 1.82) is 0 Å². The summed E-state index contributed by atoms with van der Waals surface area (Å²) in [6.07, 6.45) is 5.69. The summed E-state index contributed by atoms with van der Waals surface area (Å²) < 4.78 is 0.942. The van der Waals surface area contributed by atoms with Crippen LogP contribution in [0, 0.1) is 0 Å². The Morgan fingerprint density at radius 3 is 2.65 bits per heavy atom. The lowest BCUT2D eigenvalue weighted by Crippen LogP contribution is -2.22. The molecule has 0 aliphatic rings. The Bertz CT molecular complexity index is 486. The number of halogens is 1. The van der Waals surface area contributed by atoms with E-state index in [4.69, 9.17) is 5.11 Å². The zero-order valence-corrected chi connectivity index (χ0v) is 12.7. The van der Waals surface area contributed by atoms with Crippen molar-refractivity contribution in [2.24, 2.45) is 0 Å². The molecule has 0 saturated carbocycles. The number of nitrogens with one attached hydrogen (secondary N) is 1. The Morgan fingerprint density at radius 2 is 1.95 bits per heavy atom. The van der Waals surface area contributed by atoms with Gasteiger partial charge < -0.3 is 10.4 Å². The molecule has 0 unspecified atom stereocenters. The molecule has 0 atom stereocenters. The van der Waals surface area contributed by atoms with Crippen molar-refractivity contribution in [3.63, 3.8) is 0 Å². The Kier molecular flexibility index (Phi) is 7.65. The molecule has 0 fully saturated rings. The van der Waals surface area contributed by atoms with Gasteiger partial charge in [-0.1, -0.05) is 40.5 Å². The van der Waals surface area contributed by atoms with Crippen LogP contribution in [0.4, 0.5) is 0 Å². The van der Waals surface area contributed by atoms with E-state index in [0.717, 1.165) is 22.9 Å². The highest BCUT2D eigenvalue weighted by Crippen LogP contribution is 2.16. The SMILES string of the molecule is O=C(O)CCCCCNC(=O)/C=C/c1ccccc1Br. The Balaban J connectivity index is 2.20. The second kappa shape index (κ2) is 9.31. The fourth-order valence-electron chi connectivity index (χ4n) is 1.62. The predicted molar refractivity (Wildman–Crippen MR) is 82.3 cm³/mol. The van der Waals surface area contributed by atoms with Gasteiger partial charge in [0.2, 0.25) is 5.91 Å². The van der Waals surface area contributed by atoms with Crippen molar-refractivity contribution in [3.8, 4) is 0 Å². The lowest BCUT2D eigenvalue weighted by molar-refractivity contribution is -0.137. The van der Waals surface area contributed by atoms with Gasteiger partial charge >= 0.3 is 5.97 Å². The largest absolute Gasteiger partial charge is 0.481 e. The molecule has 0 radical (unpaired) electrons. The van der Waals surface area contributed by atoms with Crippen LogP contribution in [0.5, 0.6) is 0 Å². The van der Waals surface area contributed by atoms with Gasteiger partial charge in [0.25, 0.3) is 0 Å². The molecule has 1 amide bonds. The number of rotatable bonds is 8. The standard InChI is InChI=1S/C15H18BrNO3/c16-13-7-4-3-6-12(13)9-10-14(18)17-11-5-1-2-8-15(19)20/h3-4,6-7,9-10H,1-2,5,8,11H2,(H,17,18)(H,19,20)/b10-9+. The maximum absolute atomic E-state index is 11.6. The zero-order valence-electron chi connectivity index (χ0n) is 11.1. The first kappa shape index (κ1) is 16.4. The van der Waals surface area contributed by atoms with E-state index in [2.05, 4.69) is 21.2 Å². The molecule has 108 valence electrons. The van der Waals surface area contributed by atoms with E-state index in [1.807, 2.05) is 24.3 Å². The minimum atomic E-state index is -0.773. The number of hydrogen-bond acceptors (Lipinski definition) is 2. The van der Waals surface area contributed by atoms with E-state index >= 15 is 0 Å². The molecule has 0 spiro atoms. The quantitative estimate of drug-likeness (QED) is 0.564. The first-order valence-corrected chi connectivity index (χ1v) is 7.31. The van der Waals surface area contributed by atoms with Gasteiger partial charge in [-0.2, -0.15) is 0 Å². The van der Waals surface area contributed by atoms with E-state index in [1.165, 1.54) is 6.08 Å². The van der Waals surface area contributed by atoms with Crippen molar-refractivity contribution in [3.05, 3.63) is 40.4 Å². The normalized spacial score (nSPS) is 10.7. The molecule has 5 heteroatoms. The summed E-state index contributed by atoms with van der Waals surface area (Å²) in [6.45, 7) is 0.568. The number of hydrogen-bond donors (Lipinski definition) is 2. The number of aliphatic carboxylic acids is 1. The zero-order chi connectivity index (χ0) is 14.8. The third-order valence-corrected chi connectivity index (χ3v) is 3.41. The minimum absolute atomic E-state index is 0.140. The molecule has 2 N–H and O–H groups in total. The van der Waals surface area contributed by atoms with Gasteiger partial charge in [-0.3, -0.25) is 9.59 Å². The number of benzene rings is 1. The van der Waals surface area contributed by atoms with Crippen LogP contribution in [-0.2, 0) is 9.59 Å². The lowest BCUT2D eigenvalue weighted by Gasteiger charge is -2.02. The van der Waals surface area contributed by atoms with Crippen molar-refractivity contribution < 1.29 is 14.7 Å². The fourth-order valence-corrected chi connectivity index (χ4v) is 2.04. The van der Waals surface area contributed by atoms with E-state index < -0.39 is 5.97 Å². The molecule has 1 rings (SSSR count). The van der Waals surface area contributed by atoms with Crippen LogP contribution in [0.2, 0.25) is 0 Å². The smallest absolute Gasteiger partial charge is 0.303 e. The van der Waals surface area contributed by atoms with Gasteiger partial charge in [-0.25, -0.2) is 0 Å². The second-order valence-corrected chi connectivity index (χ2v) is 5.20. The van der Waals surface area contributed by atoms with Crippen molar-refractivity contribution in [1.82, 2.24) is 5.32 Å². The molecule has 0 heterocycles. The van der Waals surface area contributed by atoms with Crippen molar-refractivity contribution in [2.45, 2.75) is 25.7 Å². The van der Waals surface area contributed by atoms with Gasteiger partial charge in [0.15, 0.2) is 0 Å². The van der Waals surface area contributed by atoms with Crippen LogP contribution >= 0.6 is 15.9 Å². The van der Waals surface area contributed by atoms with Gasteiger partial charge in [0.1, 0.15) is 0 Å². The molecular formula is C15H18BrNO3. The molecule has 20 heavy (non-hydrogen) atoms. The van der Waals surface area contributed by atoms with Gasteiger partial charge in [0.05, 0.1) is 0 Å². The summed E-state index contributed by atoms with van der Waals surface area (Å²) >= 11 is 3.41. The Hall–Kier alpha value is -1.62. The first-order chi connectivity index (χ1) is 9.59. The van der Waals surface area contributed by atoms with Crippen molar-refractivity contribution in [2.75, 3.05) is 6.54 Å². The third-order valence-electron chi connectivity index (χ3n) is 2.69. The molecule has 0 aliphatic carbocycles. The van der Waals surface area contributed by atoms with Crippen LogP contribution < -0.4 is 5.32 Å². The van der Waals surface area contributed by atoms with Crippen LogP contribution in [0.1, 0.15) is 31.2 Å². The van der Waals surface area contributed by atoms with Crippen LogP contribution in [0.15, 0.2) is 34.8 Å². The molecule has 1 aromatic rings. The summed E-state index contributed by atoms with van der Waals surface area (Å²) in [6, 6.07) is 7.66. The van der Waals surface area contributed by atoms with Crippen LogP contribution in [0.3, 0.4) is 0 Å². The summed E-state index contributed by atoms with van der Waals surface area (Å²) in [5.41, 5.74) is 0.948. The molecule has 0 saturated heterocycles. The van der Waals surface area contributed by atoms with Crippen LogP contribution in [0.25, 0.3) is 6.08 Å². The summed E-state index contributed by atoms with van der Waals surface area (Å²) in [5, 5.41) is 11.2. The predicted octanol–water partition coefficient (Wildman–Crippen LogP) is 3.22. The highest BCUT2D eigenvalue weighted by Gasteiger charge is 1.99. The minimum Gasteiger partial charge on any atom is -0.481 e.